The summed E-state index contributed by atoms with van der Waals surface area (Å²) in [6.07, 6.45) is 1.26. The number of fused-ring (bicyclic) bond motifs is 1. The first kappa shape index (κ1) is 20.2. The number of benzene rings is 3. The summed E-state index contributed by atoms with van der Waals surface area (Å²) in [6.45, 7) is -0.152. The van der Waals surface area contributed by atoms with Crippen molar-refractivity contribution in [1.82, 2.24) is 0 Å². The SMILES string of the molecule is O=C(COc1ccc2c(=O)c(Oc3ccccc3Br)coc2c1)c1ccc(Cl)cc1. The van der Waals surface area contributed by atoms with Gasteiger partial charge in [0.05, 0.1) is 9.86 Å². The quantitative estimate of drug-likeness (QED) is 0.301. The van der Waals surface area contributed by atoms with Gasteiger partial charge < -0.3 is 13.9 Å². The van der Waals surface area contributed by atoms with Crippen LogP contribution < -0.4 is 14.9 Å². The molecule has 0 radical (unpaired) electrons. The lowest BCUT2D eigenvalue weighted by Gasteiger charge is -2.09. The van der Waals surface area contributed by atoms with E-state index >= 15 is 0 Å². The molecule has 30 heavy (non-hydrogen) atoms. The van der Waals surface area contributed by atoms with Crippen LogP contribution in [0.1, 0.15) is 10.4 Å². The Kier molecular flexibility index (Phi) is 5.88. The topological polar surface area (TPSA) is 65.7 Å². The van der Waals surface area contributed by atoms with Gasteiger partial charge in [0.1, 0.15) is 23.3 Å². The van der Waals surface area contributed by atoms with Crippen LogP contribution in [0.2, 0.25) is 5.02 Å². The number of rotatable bonds is 6. The first-order valence-electron chi connectivity index (χ1n) is 8.91. The molecule has 0 atom stereocenters. The average molecular weight is 486 g/mol. The van der Waals surface area contributed by atoms with E-state index in [-0.39, 0.29) is 23.6 Å². The Hall–Kier alpha value is -3.09. The maximum Gasteiger partial charge on any atom is 0.235 e. The standard InChI is InChI=1S/C23H14BrClO5/c24-18-3-1-2-4-20(18)30-22-13-29-21-11-16(9-10-17(21)23(22)27)28-12-19(26)14-5-7-15(25)8-6-14/h1-11,13H,12H2. The van der Waals surface area contributed by atoms with Crippen LogP contribution >= 0.6 is 27.5 Å². The monoisotopic (exact) mass is 484 g/mol. The summed E-state index contributed by atoms with van der Waals surface area (Å²) >= 11 is 9.21. The van der Waals surface area contributed by atoms with Gasteiger partial charge in [-0.2, -0.15) is 0 Å². The molecule has 3 aromatic carbocycles. The fourth-order valence-corrected chi connectivity index (χ4v) is 3.26. The van der Waals surface area contributed by atoms with Gasteiger partial charge in [0.2, 0.25) is 11.2 Å². The lowest BCUT2D eigenvalue weighted by atomic mass is 10.1. The van der Waals surface area contributed by atoms with Gasteiger partial charge in [-0.05, 0) is 64.5 Å². The molecule has 150 valence electrons. The van der Waals surface area contributed by atoms with Crippen LogP contribution in [0, 0.1) is 0 Å². The Labute approximate surface area is 184 Å². The molecular weight excluding hydrogens is 472 g/mol. The van der Waals surface area contributed by atoms with Crippen molar-refractivity contribution in [2.75, 3.05) is 6.61 Å². The van der Waals surface area contributed by atoms with E-state index in [0.717, 1.165) is 4.47 Å². The Morgan fingerprint density at radius 2 is 1.77 bits per heavy atom. The van der Waals surface area contributed by atoms with E-state index in [4.69, 9.17) is 25.5 Å². The summed E-state index contributed by atoms with van der Waals surface area (Å²) in [5, 5.41) is 0.899. The van der Waals surface area contributed by atoms with Crippen LogP contribution in [0.5, 0.6) is 17.2 Å². The van der Waals surface area contributed by atoms with Crippen LogP contribution in [0.3, 0.4) is 0 Å². The average Bonchev–Trinajstić information content (AvgIpc) is 2.76. The zero-order valence-corrected chi connectivity index (χ0v) is 17.8. The molecule has 0 N–H and O–H groups in total. The lowest BCUT2D eigenvalue weighted by molar-refractivity contribution is 0.0921. The molecule has 4 rings (SSSR count). The highest BCUT2D eigenvalue weighted by atomic mass is 79.9. The van der Waals surface area contributed by atoms with Gasteiger partial charge in [-0.25, -0.2) is 0 Å². The number of ketones is 1. The van der Waals surface area contributed by atoms with Crippen molar-refractivity contribution in [1.29, 1.82) is 0 Å². The zero-order chi connectivity index (χ0) is 21.1. The summed E-state index contributed by atoms with van der Waals surface area (Å²) < 4.78 is 17.5. The smallest absolute Gasteiger partial charge is 0.235 e. The Balaban J connectivity index is 1.52. The van der Waals surface area contributed by atoms with Crippen LogP contribution in [0.25, 0.3) is 11.0 Å². The van der Waals surface area contributed by atoms with Crippen molar-refractivity contribution >= 4 is 44.3 Å². The number of hydrogen-bond acceptors (Lipinski definition) is 5. The van der Waals surface area contributed by atoms with Gasteiger partial charge >= 0.3 is 0 Å². The van der Waals surface area contributed by atoms with E-state index in [2.05, 4.69) is 15.9 Å². The highest BCUT2D eigenvalue weighted by Gasteiger charge is 2.12. The van der Waals surface area contributed by atoms with E-state index < -0.39 is 0 Å². The second kappa shape index (κ2) is 8.73. The van der Waals surface area contributed by atoms with Gasteiger partial charge in [-0.3, -0.25) is 9.59 Å². The van der Waals surface area contributed by atoms with Gasteiger partial charge in [0.25, 0.3) is 0 Å². The molecule has 0 fully saturated rings. The number of carbonyl (C=O) groups is 1. The van der Waals surface area contributed by atoms with Crippen molar-refractivity contribution < 1.29 is 18.7 Å². The Morgan fingerprint density at radius 1 is 1.00 bits per heavy atom. The predicted octanol–water partition coefficient (Wildman–Crippen LogP) is 6.26. The number of carbonyl (C=O) groups excluding carboxylic acids is 1. The summed E-state index contributed by atoms with van der Waals surface area (Å²) in [5.74, 6) is 0.795. The molecule has 0 spiro atoms. The minimum atomic E-state index is -0.309. The largest absolute Gasteiger partial charge is 0.485 e. The second-order valence-electron chi connectivity index (χ2n) is 6.34. The van der Waals surface area contributed by atoms with Gasteiger partial charge in [0, 0.05) is 16.7 Å². The summed E-state index contributed by atoms with van der Waals surface area (Å²) in [4.78, 5) is 25.0. The number of hydrogen-bond donors (Lipinski definition) is 0. The van der Waals surface area contributed by atoms with Crippen molar-refractivity contribution in [3.05, 3.63) is 98.3 Å². The molecule has 0 saturated carbocycles. The van der Waals surface area contributed by atoms with Gasteiger partial charge in [0.15, 0.2) is 12.4 Å². The number of ether oxygens (including phenoxy) is 2. The van der Waals surface area contributed by atoms with E-state index in [0.29, 0.717) is 33.1 Å². The van der Waals surface area contributed by atoms with Crippen molar-refractivity contribution in [3.8, 4) is 17.2 Å². The molecular formula is C23H14BrClO5. The van der Waals surface area contributed by atoms with Crippen LogP contribution in [-0.2, 0) is 0 Å². The van der Waals surface area contributed by atoms with E-state index in [1.165, 1.54) is 6.26 Å². The molecule has 7 heteroatoms. The predicted molar refractivity (Wildman–Crippen MR) is 118 cm³/mol. The molecule has 0 aliphatic carbocycles. The lowest BCUT2D eigenvalue weighted by Crippen LogP contribution is -2.11. The number of para-hydroxylation sites is 1. The third kappa shape index (κ3) is 4.40. The maximum atomic E-state index is 12.7. The zero-order valence-electron chi connectivity index (χ0n) is 15.4. The minimum Gasteiger partial charge on any atom is -0.485 e. The van der Waals surface area contributed by atoms with Gasteiger partial charge in [-0.1, -0.05) is 23.7 Å². The molecule has 1 heterocycles. The van der Waals surface area contributed by atoms with Crippen molar-refractivity contribution in [3.63, 3.8) is 0 Å². The fraction of sp³-hybridized carbons (Fsp3) is 0.0435. The third-order valence-corrected chi connectivity index (χ3v) is 5.21. The fourth-order valence-electron chi connectivity index (χ4n) is 2.77. The van der Waals surface area contributed by atoms with Gasteiger partial charge in [-0.15, -0.1) is 0 Å². The maximum absolute atomic E-state index is 12.7. The first-order valence-corrected chi connectivity index (χ1v) is 10.1. The number of halogens is 2. The van der Waals surface area contributed by atoms with Crippen molar-refractivity contribution in [2.45, 2.75) is 0 Å². The summed E-state index contributed by atoms with van der Waals surface area (Å²) in [7, 11) is 0. The molecule has 0 saturated heterocycles. The third-order valence-electron chi connectivity index (χ3n) is 4.31. The molecule has 0 unspecified atom stereocenters. The molecule has 0 bridgehead atoms. The van der Waals surface area contributed by atoms with E-state index in [9.17, 15) is 9.59 Å². The molecule has 0 aliphatic rings. The molecule has 5 nitrogen and oxygen atoms in total. The number of Topliss-reactive ketones (excluding diaryl/α,β-unsaturated/α-hetero) is 1. The summed E-state index contributed by atoms with van der Waals surface area (Å²) in [6, 6.07) is 18.5. The second-order valence-corrected chi connectivity index (χ2v) is 7.63. The highest BCUT2D eigenvalue weighted by Crippen LogP contribution is 2.29. The molecule has 1 aromatic heterocycles. The molecule has 0 aliphatic heterocycles. The van der Waals surface area contributed by atoms with Crippen LogP contribution in [-0.4, -0.2) is 12.4 Å². The Bertz CT molecular complexity index is 1280. The van der Waals surface area contributed by atoms with Crippen LogP contribution in [0.4, 0.5) is 0 Å². The first-order chi connectivity index (χ1) is 14.5. The summed E-state index contributed by atoms with van der Waals surface area (Å²) in [5.41, 5.74) is 0.521. The van der Waals surface area contributed by atoms with E-state index in [1.807, 2.05) is 12.1 Å². The highest BCUT2D eigenvalue weighted by molar-refractivity contribution is 9.10. The van der Waals surface area contributed by atoms with E-state index in [1.54, 1.807) is 54.6 Å². The minimum absolute atomic E-state index is 0.0704. The molecule has 0 amide bonds. The normalized spacial score (nSPS) is 10.7. The van der Waals surface area contributed by atoms with Crippen molar-refractivity contribution in [2.24, 2.45) is 0 Å². The Morgan fingerprint density at radius 3 is 2.53 bits per heavy atom. The molecule has 4 aromatic rings. The van der Waals surface area contributed by atoms with Crippen LogP contribution in [0.15, 0.2) is 86.7 Å².